The molecule has 6 aromatic rings. The van der Waals surface area contributed by atoms with Gasteiger partial charge in [-0.15, -0.1) is 0 Å². The molecule has 4 aromatic carbocycles. The lowest BCUT2D eigenvalue weighted by Crippen LogP contribution is -1.87. The van der Waals surface area contributed by atoms with Crippen molar-refractivity contribution in [3.8, 4) is 22.4 Å². The molecular formula is C27H17NO. The first-order chi connectivity index (χ1) is 14.4. The van der Waals surface area contributed by atoms with Gasteiger partial charge in [0.05, 0.1) is 5.69 Å². The summed E-state index contributed by atoms with van der Waals surface area (Å²) in [6.07, 6.45) is 1.88. The van der Waals surface area contributed by atoms with Crippen LogP contribution in [0, 0.1) is 0 Å². The summed E-state index contributed by atoms with van der Waals surface area (Å²) >= 11 is 0. The fourth-order valence-electron chi connectivity index (χ4n) is 4.17. The molecule has 29 heavy (non-hydrogen) atoms. The van der Waals surface area contributed by atoms with Gasteiger partial charge in [0.2, 0.25) is 0 Å². The van der Waals surface area contributed by atoms with Crippen molar-refractivity contribution in [2.75, 3.05) is 0 Å². The summed E-state index contributed by atoms with van der Waals surface area (Å²) in [5.74, 6) is 0. The Labute approximate surface area is 168 Å². The van der Waals surface area contributed by atoms with Crippen molar-refractivity contribution < 1.29 is 4.42 Å². The number of fused-ring (bicyclic) bond motifs is 4. The van der Waals surface area contributed by atoms with Gasteiger partial charge in [0, 0.05) is 22.5 Å². The Balaban J connectivity index is 1.58. The normalized spacial score (nSPS) is 11.4. The summed E-state index contributed by atoms with van der Waals surface area (Å²) in [4.78, 5) is 4.68. The van der Waals surface area contributed by atoms with Crippen LogP contribution in [-0.4, -0.2) is 4.98 Å². The number of rotatable bonds is 2. The van der Waals surface area contributed by atoms with Gasteiger partial charge < -0.3 is 4.42 Å². The van der Waals surface area contributed by atoms with E-state index < -0.39 is 0 Å². The van der Waals surface area contributed by atoms with E-state index in [1.807, 2.05) is 24.4 Å². The summed E-state index contributed by atoms with van der Waals surface area (Å²) in [6, 6.07) is 33.6. The van der Waals surface area contributed by atoms with Crippen molar-refractivity contribution in [1.29, 1.82) is 0 Å². The monoisotopic (exact) mass is 371 g/mol. The van der Waals surface area contributed by atoms with E-state index in [4.69, 9.17) is 4.42 Å². The number of hydrogen-bond donors (Lipinski definition) is 0. The van der Waals surface area contributed by atoms with Crippen LogP contribution < -0.4 is 0 Å². The van der Waals surface area contributed by atoms with Crippen LogP contribution >= 0.6 is 0 Å². The standard InChI is InChI=1S/C27H17NO/c1-2-9-20-18(7-1)8-5-11-21(20)19-15-16-28-25(17-19)24-13-6-12-23-22-10-3-4-14-26(22)29-27(23)24/h1-17H. The highest BCUT2D eigenvalue weighted by Crippen LogP contribution is 2.36. The lowest BCUT2D eigenvalue weighted by atomic mass is 9.97. The molecule has 0 spiro atoms. The van der Waals surface area contributed by atoms with Crippen molar-refractivity contribution in [2.45, 2.75) is 0 Å². The van der Waals surface area contributed by atoms with Crippen molar-refractivity contribution in [3.05, 3.63) is 103 Å². The van der Waals surface area contributed by atoms with Crippen LogP contribution in [0.25, 0.3) is 55.1 Å². The van der Waals surface area contributed by atoms with Crippen LogP contribution in [0.15, 0.2) is 108 Å². The third-order valence-corrected chi connectivity index (χ3v) is 5.54. The Bertz CT molecular complexity index is 1500. The van der Waals surface area contributed by atoms with Gasteiger partial charge in [0.25, 0.3) is 0 Å². The van der Waals surface area contributed by atoms with Gasteiger partial charge in [0.1, 0.15) is 11.2 Å². The van der Waals surface area contributed by atoms with E-state index >= 15 is 0 Å². The first-order valence-electron chi connectivity index (χ1n) is 9.73. The number of aromatic nitrogens is 1. The average Bonchev–Trinajstić information content (AvgIpc) is 3.18. The quantitative estimate of drug-likeness (QED) is 0.315. The number of para-hydroxylation sites is 2. The largest absolute Gasteiger partial charge is 0.455 e. The molecule has 0 unspecified atom stereocenters. The van der Waals surface area contributed by atoms with Crippen LogP contribution in [0.1, 0.15) is 0 Å². The van der Waals surface area contributed by atoms with E-state index in [2.05, 4.69) is 83.8 Å². The van der Waals surface area contributed by atoms with Crippen molar-refractivity contribution in [2.24, 2.45) is 0 Å². The first kappa shape index (κ1) is 16.1. The van der Waals surface area contributed by atoms with E-state index in [9.17, 15) is 0 Å². The van der Waals surface area contributed by atoms with Gasteiger partial charge in [-0.3, -0.25) is 4.98 Å². The predicted octanol–water partition coefficient (Wildman–Crippen LogP) is 7.47. The first-order valence-corrected chi connectivity index (χ1v) is 9.73. The second-order valence-electron chi connectivity index (χ2n) is 7.24. The maximum absolute atomic E-state index is 6.21. The Morgan fingerprint density at radius 2 is 1.31 bits per heavy atom. The van der Waals surface area contributed by atoms with Crippen molar-refractivity contribution >= 4 is 32.7 Å². The Morgan fingerprint density at radius 1 is 0.586 bits per heavy atom. The molecule has 0 bridgehead atoms. The number of hydrogen-bond acceptors (Lipinski definition) is 2. The van der Waals surface area contributed by atoms with Crippen LogP contribution in [-0.2, 0) is 0 Å². The summed E-state index contributed by atoms with van der Waals surface area (Å²) < 4.78 is 6.21. The van der Waals surface area contributed by atoms with Gasteiger partial charge in [-0.2, -0.15) is 0 Å². The summed E-state index contributed by atoms with van der Waals surface area (Å²) in [5.41, 5.74) is 6.08. The number of benzene rings is 4. The lowest BCUT2D eigenvalue weighted by molar-refractivity contribution is 0.670. The minimum Gasteiger partial charge on any atom is -0.455 e. The minimum absolute atomic E-state index is 0.885. The number of pyridine rings is 1. The van der Waals surface area contributed by atoms with Gasteiger partial charge in [-0.05, 0) is 46.2 Å². The molecule has 0 saturated heterocycles. The van der Waals surface area contributed by atoms with E-state index in [-0.39, 0.29) is 0 Å². The molecule has 6 rings (SSSR count). The predicted molar refractivity (Wildman–Crippen MR) is 120 cm³/mol. The molecule has 2 nitrogen and oxygen atoms in total. The fraction of sp³-hybridized carbons (Fsp3) is 0. The molecule has 2 aromatic heterocycles. The van der Waals surface area contributed by atoms with Gasteiger partial charge in [-0.1, -0.05) is 72.8 Å². The summed E-state index contributed by atoms with van der Waals surface area (Å²) in [5, 5.41) is 4.74. The zero-order valence-corrected chi connectivity index (χ0v) is 15.7. The SMILES string of the molecule is c1ccc2c(-c3ccnc(-c4cccc5c4oc4ccccc45)c3)cccc2c1. The number of nitrogens with zero attached hydrogens (tertiary/aromatic N) is 1. The molecule has 0 saturated carbocycles. The highest BCUT2D eigenvalue weighted by Gasteiger charge is 2.13. The Hall–Kier alpha value is -3.91. The molecule has 0 amide bonds. The van der Waals surface area contributed by atoms with Crippen LogP contribution in [0.5, 0.6) is 0 Å². The van der Waals surface area contributed by atoms with Gasteiger partial charge >= 0.3 is 0 Å². The second kappa shape index (κ2) is 6.32. The van der Waals surface area contributed by atoms with Gasteiger partial charge in [-0.25, -0.2) is 0 Å². The molecule has 2 heterocycles. The summed E-state index contributed by atoms with van der Waals surface area (Å²) in [6.45, 7) is 0. The highest BCUT2D eigenvalue weighted by molar-refractivity contribution is 6.09. The van der Waals surface area contributed by atoms with Crippen molar-refractivity contribution in [3.63, 3.8) is 0 Å². The molecule has 0 radical (unpaired) electrons. The van der Waals surface area contributed by atoms with Crippen molar-refractivity contribution in [1.82, 2.24) is 4.98 Å². The molecule has 136 valence electrons. The maximum atomic E-state index is 6.21. The van der Waals surface area contributed by atoms with E-state index in [0.717, 1.165) is 38.8 Å². The van der Waals surface area contributed by atoms with Crippen LogP contribution in [0.4, 0.5) is 0 Å². The lowest BCUT2D eigenvalue weighted by Gasteiger charge is -2.09. The number of furan rings is 1. The van der Waals surface area contributed by atoms with Crippen LogP contribution in [0.2, 0.25) is 0 Å². The fourth-order valence-corrected chi connectivity index (χ4v) is 4.17. The molecule has 2 heteroatoms. The topological polar surface area (TPSA) is 26.0 Å². The Kier molecular flexibility index (Phi) is 3.50. The molecule has 0 aliphatic rings. The zero-order chi connectivity index (χ0) is 19.2. The van der Waals surface area contributed by atoms with Gasteiger partial charge in [0.15, 0.2) is 0 Å². The minimum atomic E-state index is 0.885. The second-order valence-corrected chi connectivity index (χ2v) is 7.24. The van der Waals surface area contributed by atoms with E-state index in [1.54, 1.807) is 0 Å². The molecule has 0 aliphatic heterocycles. The molecular weight excluding hydrogens is 354 g/mol. The zero-order valence-electron chi connectivity index (χ0n) is 15.7. The molecule has 0 atom stereocenters. The average molecular weight is 371 g/mol. The van der Waals surface area contributed by atoms with Crippen LogP contribution in [0.3, 0.4) is 0 Å². The summed E-state index contributed by atoms with van der Waals surface area (Å²) in [7, 11) is 0. The third kappa shape index (κ3) is 2.54. The maximum Gasteiger partial charge on any atom is 0.144 e. The van der Waals surface area contributed by atoms with E-state index in [1.165, 1.54) is 16.3 Å². The highest BCUT2D eigenvalue weighted by atomic mass is 16.3. The molecule has 0 N–H and O–H groups in total. The molecule has 0 fully saturated rings. The smallest absolute Gasteiger partial charge is 0.144 e. The Morgan fingerprint density at radius 3 is 2.28 bits per heavy atom. The van der Waals surface area contributed by atoms with E-state index in [0.29, 0.717) is 0 Å². The molecule has 0 aliphatic carbocycles. The third-order valence-electron chi connectivity index (χ3n) is 5.54.